The van der Waals surface area contributed by atoms with Crippen LogP contribution in [0.1, 0.15) is 85.4 Å². The molecule has 4 atom stereocenters. The van der Waals surface area contributed by atoms with Crippen LogP contribution in [-0.4, -0.2) is 0 Å². The molecular formula is C60H49N. The molecule has 1 nitrogen and oxygen atoms in total. The minimum atomic E-state index is -0.288. The molecule has 1 spiro atoms. The summed E-state index contributed by atoms with van der Waals surface area (Å²) in [4.78, 5) is 2.55. The Kier molecular flexibility index (Phi) is 7.27. The van der Waals surface area contributed by atoms with Crippen LogP contribution < -0.4 is 4.90 Å². The van der Waals surface area contributed by atoms with Crippen molar-refractivity contribution in [1.29, 1.82) is 0 Å². The molecular weight excluding hydrogens is 735 g/mol. The number of nitrogens with zero attached hydrogens (tertiary/aromatic N) is 1. The van der Waals surface area contributed by atoms with Crippen molar-refractivity contribution in [3.8, 4) is 44.5 Å². The van der Waals surface area contributed by atoms with Gasteiger partial charge in [-0.05, 0) is 158 Å². The second-order valence-corrected chi connectivity index (χ2v) is 19.4. The summed E-state index contributed by atoms with van der Waals surface area (Å²) in [6.45, 7) is 7.21. The lowest BCUT2D eigenvalue weighted by Crippen LogP contribution is -2.32. The van der Waals surface area contributed by atoms with Crippen LogP contribution in [0.4, 0.5) is 17.1 Å². The van der Waals surface area contributed by atoms with Gasteiger partial charge in [-0.15, -0.1) is 0 Å². The van der Waals surface area contributed by atoms with E-state index in [0.717, 1.165) is 5.92 Å². The van der Waals surface area contributed by atoms with Crippen molar-refractivity contribution in [2.24, 2.45) is 11.8 Å². The maximum Gasteiger partial charge on any atom is 0.0465 e. The molecule has 5 aliphatic rings. The van der Waals surface area contributed by atoms with E-state index >= 15 is 0 Å². The summed E-state index contributed by atoms with van der Waals surface area (Å²) in [7, 11) is 0. The van der Waals surface area contributed by atoms with Crippen molar-refractivity contribution in [3.63, 3.8) is 0 Å². The SMILES string of the molecule is CC1(C)c2ccccc2-c2cccc(-c3ccc(N(c4ccc5c(c4)C(C)(c4ccccc4)c4ccccc4-5)c4ccc5c(c4)C4(CC6CCC4C6)c4ccccc4-5)cc3)c21. The molecule has 2 saturated carbocycles. The molecule has 0 saturated heterocycles. The molecule has 0 aromatic heterocycles. The van der Waals surface area contributed by atoms with Crippen LogP contribution in [0.5, 0.6) is 0 Å². The minimum Gasteiger partial charge on any atom is -0.310 e. The third-order valence-corrected chi connectivity index (χ3v) is 16.2. The van der Waals surface area contributed by atoms with E-state index in [4.69, 9.17) is 0 Å². The zero-order valence-corrected chi connectivity index (χ0v) is 35.3. The molecule has 8 aromatic rings. The van der Waals surface area contributed by atoms with Crippen LogP contribution in [0, 0.1) is 11.8 Å². The topological polar surface area (TPSA) is 3.24 Å². The zero-order valence-electron chi connectivity index (χ0n) is 35.3. The average molecular weight is 784 g/mol. The normalized spacial score (nSPS) is 22.7. The van der Waals surface area contributed by atoms with Gasteiger partial charge in [0, 0.05) is 33.3 Å². The molecule has 4 unspecified atom stereocenters. The summed E-state index contributed by atoms with van der Waals surface area (Å²) >= 11 is 0. The maximum absolute atomic E-state index is 2.60. The predicted molar refractivity (Wildman–Crippen MR) is 253 cm³/mol. The summed E-state index contributed by atoms with van der Waals surface area (Å²) in [5, 5.41) is 0. The first-order chi connectivity index (χ1) is 29.9. The van der Waals surface area contributed by atoms with Crippen LogP contribution in [0.25, 0.3) is 44.5 Å². The summed E-state index contributed by atoms with van der Waals surface area (Å²) in [6.07, 6.45) is 5.35. The van der Waals surface area contributed by atoms with Gasteiger partial charge in [-0.2, -0.15) is 0 Å². The van der Waals surface area contributed by atoms with Gasteiger partial charge in [-0.3, -0.25) is 0 Å². The summed E-state index contributed by atoms with van der Waals surface area (Å²) in [5.41, 5.74) is 24.2. The lowest BCUT2D eigenvalue weighted by molar-refractivity contribution is 0.327. The summed E-state index contributed by atoms with van der Waals surface area (Å²) < 4.78 is 0. The van der Waals surface area contributed by atoms with Gasteiger partial charge in [-0.25, -0.2) is 0 Å². The lowest BCUT2D eigenvalue weighted by atomic mass is 9.67. The Morgan fingerprint density at radius 1 is 0.426 bits per heavy atom. The molecule has 294 valence electrons. The third kappa shape index (κ3) is 4.67. The molecule has 1 heteroatoms. The number of rotatable bonds is 5. The fraction of sp³-hybridized carbons (Fsp3) is 0.200. The molecule has 0 heterocycles. The lowest BCUT2D eigenvalue weighted by Gasteiger charge is -2.37. The van der Waals surface area contributed by atoms with E-state index in [1.165, 1.54) is 115 Å². The number of fused-ring (bicyclic) bond motifs is 14. The quantitative estimate of drug-likeness (QED) is 0.168. The highest BCUT2D eigenvalue weighted by atomic mass is 15.1. The Morgan fingerprint density at radius 3 is 1.66 bits per heavy atom. The Morgan fingerprint density at radius 2 is 0.967 bits per heavy atom. The van der Waals surface area contributed by atoms with E-state index in [1.807, 2.05) is 0 Å². The van der Waals surface area contributed by atoms with Crippen molar-refractivity contribution in [2.75, 3.05) is 4.90 Å². The highest BCUT2D eigenvalue weighted by molar-refractivity contribution is 5.91. The molecule has 2 fully saturated rings. The standard InChI is InChI=1S/C60H49N/c1-58(2)52-21-10-7-18-48(52)51-20-13-19-45(57(51)58)39-25-28-42(29-26-39)61(43-30-32-49-46-16-8-11-22-53(46)59(3,55(49)35-43)40-14-5-4-6-15-40)44-31-33-50-47-17-9-12-23-54(47)60(56(50)36-44)37-38-24-27-41(60)34-38/h4-23,25-26,28-33,35-36,38,41H,24,27,34,37H2,1-3H3. The van der Waals surface area contributed by atoms with Gasteiger partial charge in [-0.1, -0.05) is 166 Å². The fourth-order valence-corrected chi connectivity index (χ4v) is 13.5. The van der Waals surface area contributed by atoms with Gasteiger partial charge < -0.3 is 4.90 Å². The molecule has 8 aromatic carbocycles. The Labute approximate surface area is 360 Å². The Balaban J connectivity index is 0.997. The van der Waals surface area contributed by atoms with Crippen LogP contribution in [0.2, 0.25) is 0 Å². The van der Waals surface area contributed by atoms with Crippen LogP contribution in [0.15, 0.2) is 182 Å². The smallest absolute Gasteiger partial charge is 0.0465 e. The van der Waals surface area contributed by atoms with Crippen molar-refractivity contribution in [3.05, 3.63) is 221 Å². The van der Waals surface area contributed by atoms with Gasteiger partial charge in [0.2, 0.25) is 0 Å². The van der Waals surface area contributed by atoms with Crippen molar-refractivity contribution >= 4 is 17.1 Å². The fourth-order valence-electron chi connectivity index (χ4n) is 13.5. The van der Waals surface area contributed by atoms with Crippen molar-refractivity contribution < 1.29 is 0 Å². The molecule has 0 N–H and O–H groups in total. The number of hydrogen-bond acceptors (Lipinski definition) is 1. The first-order valence-corrected chi connectivity index (χ1v) is 22.5. The summed E-state index contributed by atoms with van der Waals surface area (Å²) in [6, 6.07) is 69.6. The van der Waals surface area contributed by atoms with Gasteiger partial charge in [0.15, 0.2) is 0 Å². The molecule has 5 aliphatic carbocycles. The Bertz CT molecular complexity index is 3100. The number of hydrogen-bond donors (Lipinski definition) is 0. The van der Waals surface area contributed by atoms with E-state index in [2.05, 4.69) is 208 Å². The Hall–Kier alpha value is -6.44. The first-order valence-electron chi connectivity index (χ1n) is 22.5. The average Bonchev–Trinajstić information content (AvgIpc) is 4.10. The highest BCUT2D eigenvalue weighted by Crippen LogP contribution is 2.66. The maximum atomic E-state index is 2.60. The number of anilines is 3. The molecule has 13 rings (SSSR count). The van der Waals surface area contributed by atoms with Gasteiger partial charge in [0.05, 0.1) is 0 Å². The van der Waals surface area contributed by atoms with E-state index in [-0.39, 0.29) is 16.2 Å². The van der Waals surface area contributed by atoms with Gasteiger partial charge in [0.25, 0.3) is 0 Å². The zero-order chi connectivity index (χ0) is 40.7. The molecule has 2 bridgehead atoms. The molecule has 0 aliphatic heterocycles. The second-order valence-electron chi connectivity index (χ2n) is 19.4. The van der Waals surface area contributed by atoms with Crippen molar-refractivity contribution in [1.82, 2.24) is 0 Å². The van der Waals surface area contributed by atoms with Gasteiger partial charge >= 0.3 is 0 Å². The highest BCUT2D eigenvalue weighted by Gasteiger charge is 2.57. The van der Waals surface area contributed by atoms with Crippen molar-refractivity contribution in [2.45, 2.75) is 62.7 Å². The first kappa shape index (κ1) is 35.3. The van der Waals surface area contributed by atoms with Crippen LogP contribution >= 0.6 is 0 Å². The predicted octanol–water partition coefficient (Wildman–Crippen LogP) is 15.6. The monoisotopic (exact) mass is 783 g/mol. The van der Waals surface area contributed by atoms with E-state index in [1.54, 1.807) is 11.1 Å². The third-order valence-electron chi connectivity index (χ3n) is 16.2. The summed E-state index contributed by atoms with van der Waals surface area (Å²) in [5.74, 6) is 1.53. The molecule has 0 radical (unpaired) electrons. The van der Waals surface area contributed by atoms with Gasteiger partial charge in [0.1, 0.15) is 0 Å². The second kappa shape index (κ2) is 12.6. The van der Waals surface area contributed by atoms with Crippen LogP contribution in [-0.2, 0) is 16.2 Å². The molecule has 0 amide bonds. The largest absolute Gasteiger partial charge is 0.310 e. The van der Waals surface area contributed by atoms with E-state index < -0.39 is 0 Å². The van der Waals surface area contributed by atoms with E-state index in [9.17, 15) is 0 Å². The van der Waals surface area contributed by atoms with E-state index in [0.29, 0.717) is 5.92 Å². The van der Waals surface area contributed by atoms with Crippen LogP contribution in [0.3, 0.4) is 0 Å². The number of benzene rings is 8. The molecule has 61 heavy (non-hydrogen) atoms. The minimum absolute atomic E-state index is 0.0851.